The number of carbonyl (C=O) groups excluding carboxylic acids is 4. The van der Waals surface area contributed by atoms with E-state index in [2.05, 4.69) is 15.6 Å². The first kappa shape index (κ1) is 48.8. The maximum absolute atomic E-state index is 15.0. The summed E-state index contributed by atoms with van der Waals surface area (Å²) in [5.41, 5.74) is 0.479. The van der Waals surface area contributed by atoms with Crippen LogP contribution in [0.2, 0.25) is 0 Å². The van der Waals surface area contributed by atoms with Gasteiger partial charge in [0.15, 0.2) is 6.10 Å². The van der Waals surface area contributed by atoms with Crippen molar-refractivity contribution in [3.05, 3.63) is 87.4 Å². The number of hydrogen-bond acceptors (Lipinski definition) is 9. The molecule has 0 spiro atoms. The topological polar surface area (TPSA) is 158 Å². The molecule has 2 aromatic carbocycles. The molecule has 16 heteroatoms. The van der Waals surface area contributed by atoms with Crippen LogP contribution in [0.5, 0.6) is 0 Å². The molecule has 1 aliphatic rings. The average Bonchev–Trinajstić information content (AvgIpc) is 3.71. The van der Waals surface area contributed by atoms with Gasteiger partial charge >= 0.3 is 18.1 Å². The summed E-state index contributed by atoms with van der Waals surface area (Å²) in [6, 6.07) is 11.5. The second-order valence-corrected chi connectivity index (χ2v) is 17.5. The Hall–Kier alpha value is -4.83. The summed E-state index contributed by atoms with van der Waals surface area (Å²) < 4.78 is 45.5. The van der Waals surface area contributed by atoms with Crippen LogP contribution in [-0.2, 0) is 43.1 Å². The molecular formula is C45H60F3N5O7S. The molecule has 0 saturated carbocycles. The molecule has 1 aromatic heterocycles. The minimum Gasteiger partial charge on any atom is -0.481 e. The van der Waals surface area contributed by atoms with E-state index in [1.807, 2.05) is 70.0 Å². The van der Waals surface area contributed by atoms with Crippen LogP contribution in [-0.4, -0.2) is 87.3 Å². The van der Waals surface area contributed by atoms with Gasteiger partial charge in [-0.25, -0.2) is 4.98 Å². The molecule has 3 amide bonds. The van der Waals surface area contributed by atoms with E-state index in [-0.39, 0.29) is 61.2 Å². The standard InChI is InChI=1S/C45H60F3N5O7S/c1-8-28(4)39(51-41(56)36-16-12-13-21-52(36)7)43(57)53(25-32-14-10-9-11-15-32)37(27(2)3)24-38(60-30(6)54)42-50-35(26-61-42)40(55)49-34(22-29(5)44(58)59)23-31-17-19-33(20-18-31)45(46,47)48/h9-11,14-15,17-20,26-29,34,36-39H,8,12-13,16,21-25H2,1-7H3,(H,49,55)(H,51,56)(H,58,59)/t28?,29-,34+,36?,37+,38+,39?/m0/s1. The van der Waals surface area contributed by atoms with Gasteiger partial charge in [0.25, 0.3) is 5.91 Å². The Morgan fingerprint density at radius 2 is 1.64 bits per heavy atom. The van der Waals surface area contributed by atoms with Gasteiger partial charge in [-0.15, -0.1) is 11.3 Å². The van der Waals surface area contributed by atoms with Gasteiger partial charge in [-0.2, -0.15) is 13.2 Å². The molecule has 2 heterocycles. The third kappa shape index (κ3) is 14.1. The number of thiazole rings is 1. The number of amides is 3. The quantitative estimate of drug-likeness (QED) is 0.0970. The minimum absolute atomic E-state index is 0.00797. The zero-order valence-corrected chi connectivity index (χ0v) is 36.9. The number of carbonyl (C=O) groups is 5. The highest BCUT2D eigenvalue weighted by atomic mass is 32.1. The SMILES string of the molecule is CCC(C)C(NC(=O)C1CCCCN1C)C(=O)N(Cc1ccccc1)[C@H](C[C@@H](OC(C)=O)c1nc(C(=O)N[C@@H](Cc2ccc(C(F)(F)F)cc2)C[C@H](C)C(=O)O)cs1)C(C)C. The van der Waals surface area contributed by atoms with Gasteiger partial charge < -0.3 is 25.4 Å². The van der Waals surface area contributed by atoms with Gasteiger partial charge in [0.1, 0.15) is 16.7 Å². The Labute approximate surface area is 360 Å². The van der Waals surface area contributed by atoms with Crippen LogP contribution < -0.4 is 10.6 Å². The summed E-state index contributed by atoms with van der Waals surface area (Å²) in [5, 5.41) is 17.3. The molecular weight excluding hydrogens is 812 g/mol. The Morgan fingerprint density at radius 1 is 0.967 bits per heavy atom. The number of esters is 1. The molecule has 12 nitrogen and oxygen atoms in total. The number of likely N-dealkylation sites (tertiary alicyclic amines) is 1. The first-order chi connectivity index (χ1) is 28.8. The second-order valence-electron chi connectivity index (χ2n) is 16.6. The number of aromatic nitrogens is 1. The third-order valence-corrected chi connectivity index (χ3v) is 12.4. The fourth-order valence-electron chi connectivity index (χ4n) is 7.67. The van der Waals surface area contributed by atoms with Crippen molar-refractivity contribution in [2.75, 3.05) is 13.6 Å². The lowest BCUT2D eigenvalue weighted by molar-refractivity contribution is -0.150. The number of nitrogens with one attached hydrogen (secondary N) is 2. The maximum atomic E-state index is 15.0. The van der Waals surface area contributed by atoms with Gasteiger partial charge in [0.2, 0.25) is 11.8 Å². The fourth-order valence-corrected chi connectivity index (χ4v) is 8.51. The predicted molar refractivity (Wildman–Crippen MR) is 226 cm³/mol. The van der Waals surface area contributed by atoms with Crippen molar-refractivity contribution in [3.8, 4) is 0 Å². The van der Waals surface area contributed by atoms with E-state index >= 15 is 0 Å². The Kier molecular flexibility index (Phi) is 17.9. The van der Waals surface area contributed by atoms with Crippen LogP contribution in [0.4, 0.5) is 13.2 Å². The summed E-state index contributed by atoms with van der Waals surface area (Å²) in [4.78, 5) is 75.2. The van der Waals surface area contributed by atoms with Gasteiger partial charge in [-0.05, 0) is 74.4 Å². The van der Waals surface area contributed by atoms with E-state index in [1.54, 1.807) is 4.90 Å². The molecule has 1 saturated heterocycles. The molecule has 334 valence electrons. The number of piperidine rings is 1. The minimum atomic E-state index is -4.53. The normalized spacial score (nSPS) is 17.7. The number of likely N-dealkylation sites (N-methyl/N-ethyl adjacent to an activating group) is 1. The number of benzene rings is 2. The van der Waals surface area contributed by atoms with E-state index in [1.165, 1.54) is 31.4 Å². The Balaban J connectivity index is 1.64. The second kappa shape index (κ2) is 22.3. The van der Waals surface area contributed by atoms with Gasteiger partial charge in [-0.3, -0.25) is 28.9 Å². The number of halogens is 3. The maximum Gasteiger partial charge on any atom is 0.416 e. The van der Waals surface area contributed by atoms with E-state index in [9.17, 15) is 42.3 Å². The molecule has 7 atom stereocenters. The van der Waals surface area contributed by atoms with Crippen LogP contribution in [0.3, 0.4) is 0 Å². The summed E-state index contributed by atoms with van der Waals surface area (Å²) in [5.74, 6) is -4.05. The molecule has 0 bridgehead atoms. The molecule has 1 fully saturated rings. The van der Waals surface area contributed by atoms with Crippen LogP contribution in [0.1, 0.15) is 118 Å². The van der Waals surface area contributed by atoms with Crippen LogP contribution >= 0.6 is 11.3 Å². The molecule has 0 aliphatic carbocycles. The molecule has 1 aliphatic heterocycles. The monoisotopic (exact) mass is 871 g/mol. The van der Waals surface area contributed by atoms with Crippen LogP contribution in [0, 0.1) is 17.8 Å². The number of rotatable bonds is 20. The number of nitrogens with zero attached hydrogens (tertiary/aromatic N) is 3. The molecule has 0 radical (unpaired) electrons. The molecule has 4 rings (SSSR count). The van der Waals surface area contributed by atoms with Crippen molar-refractivity contribution >= 4 is 41.0 Å². The van der Waals surface area contributed by atoms with Crippen LogP contribution in [0.15, 0.2) is 60.0 Å². The fraction of sp³-hybridized carbons (Fsp3) is 0.556. The molecule has 3 aromatic rings. The third-order valence-electron chi connectivity index (χ3n) is 11.5. The highest BCUT2D eigenvalue weighted by Gasteiger charge is 2.39. The first-order valence-corrected chi connectivity index (χ1v) is 21.8. The molecule has 3 N–H and O–H groups in total. The Morgan fingerprint density at radius 3 is 2.21 bits per heavy atom. The van der Waals surface area contributed by atoms with Gasteiger partial charge in [0.05, 0.1) is 17.5 Å². The lowest BCUT2D eigenvalue weighted by atomic mass is 9.91. The lowest BCUT2D eigenvalue weighted by Crippen LogP contribution is -2.58. The van der Waals surface area contributed by atoms with Crippen molar-refractivity contribution < 1.29 is 47.0 Å². The van der Waals surface area contributed by atoms with Crippen LogP contribution in [0.25, 0.3) is 0 Å². The van der Waals surface area contributed by atoms with E-state index in [0.29, 0.717) is 23.4 Å². The van der Waals surface area contributed by atoms with Gasteiger partial charge in [-0.1, -0.05) is 89.9 Å². The Bertz CT molecular complexity index is 1930. The number of ether oxygens (including phenoxy) is 1. The van der Waals surface area contributed by atoms with Crippen molar-refractivity contribution in [2.45, 2.75) is 129 Å². The summed E-state index contributed by atoms with van der Waals surface area (Å²) >= 11 is 1.08. The zero-order chi connectivity index (χ0) is 45.0. The number of hydrogen-bond donors (Lipinski definition) is 3. The van der Waals surface area contributed by atoms with Crippen molar-refractivity contribution in [1.82, 2.24) is 25.4 Å². The van der Waals surface area contributed by atoms with E-state index < -0.39 is 59.7 Å². The van der Waals surface area contributed by atoms with Crippen molar-refractivity contribution in [1.29, 1.82) is 0 Å². The smallest absolute Gasteiger partial charge is 0.416 e. The molecule has 61 heavy (non-hydrogen) atoms. The number of carboxylic acids is 1. The number of alkyl halides is 3. The number of carboxylic acid groups (broad SMARTS) is 1. The van der Waals surface area contributed by atoms with E-state index in [0.717, 1.165) is 48.4 Å². The summed E-state index contributed by atoms with van der Waals surface area (Å²) in [6.07, 6.45) is -2.09. The summed E-state index contributed by atoms with van der Waals surface area (Å²) in [6.45, 7) is 11.6. The summed E-state index contributed by atoms with van der Waals surface area (Å²) in [7, 11) is 1.92. The first-order valence-electron chi connectivity index (χ1n) is 21.0. The zero-order valence-electron chi connectivity index (χ0n) is 36.0. The lowest BCUT2D eigenvalue weighted by Gasteiger charge is -2.40. The average molecular weight is 872 g/mol. The van der Waals surface area contributed by atoms with Crippen molar-refractivity contribution in [2.24, 2.45) is 17.8 Å². The largest absolute Gasteiger partial charge is 0.481 e. The van der Waals surface area contributed by atoms with E-state index in [4.69, 9.17) is 4.74 Å². The van der Waals surface area contributed by atoms with Crippen molar-refractivity contribution in [3.63, 3.8) is 0 Å². The highest BCUT2D eigenvalue weighted by Crippen LogP contribution is 2.33. The number of aliphatic carboxylic acids is 1. The molecule has 3 unspecified atom stereocenters. The van der Waals surface area contributed by atoms with Gasteiger partial charge in [0, 0.05) is 37.4 Å². The highest BCUT2D eigenvalue weighted by molar-refractivity contribution is 7.09. The predicted octanol–water partition coefficient (Wildman–Crippen LogP) is 7.68.